The number of esters is 1. The molecular formula is C20H16ClNO2. The third kappa shape index (κ3) is 2.55. The number of hydrogen-bond acceptors (Lipinski definition) is 3. The molecule has 0 aliphatic heterocycles. The van der Waals surface area contributed by atoms with E-state index in [0.717, 1.165) is 40.6 Å². The van der Waals surface area contributed by atoms with E-state index in [4.69, 9.17) is 21.3 Å². The van der Waals surface area contributed by atoms with Gasteiger partial charge >= 0.3 is 5.97 Å². The Balaban J connectivity index is 2.14. The summed E-state index contributed by atoms with van der Waals surface area (Å²) in [7, 11) is 1.41. The molecule has 0 amide bonds. The van der Waals surface area contributed by atoms with Gasteiger partial charge in [-0.15, -0.1) is 0 Å². The molecule has 1 fully saturated rings. The fraction of sp³-hybridized carbons (Fsp3) is 0.200. The minimum atomic E-state index is -0.342. The molecule has 0 spiro atoms. The van der Waals surface area contributed by atoms with Gasteiger partial charge in [0.15, 0.2) is 0 Å². The number of aromatic nitrogens is 1. The topological polar surface area (TPSA) is 39.2 Å². The second-order valence-corrected chi connectivity index (χ2v) is 6.48. The number of pyridine rings is 1. The van der Waals surface area contributed by atoms with Gasteiger partial charge in [0.05, 0.1) is 23.9 Å². The molecule has 0 saturated heterocycles. The average Bonchev–Trinajstić information content (AvgIpc) is 3.45. The quantitative estimate of drug-likeness (QED) is 0.615. The maximum Gasteiger partial charge on any atom is 0.340 e. The summed E-state index contributed by atoms with van der Waals surface area (Å²) < 4.78 is 5.08. The normalized spacial score (nSPS) is 13.9. The van der Waals surface area contributed by atoms with Crippen molar-refractivity contribution in [3.8, 4) is 11.1 Å². The number of carbonyl (C=O) groups excluding carboxylic acids is 1. The lowest BCUT2D eigenvalue weighted by Gasteiger charge is -2.16. The molecule has 120 valence electrons. The molecule has 3 aromatic rings. The van der Waals surface area contributed by atoms with Crippen LogP contribution in [0.1, 0.15) is 34.8 Å². The van der Waals surface area contributed by atoms with Gasteiger partial charge in [0.25, 0.3) is 0 Å². The van der Waals surface area contributed by atoms with Crippen LogP contribution in [0.4, 0.5) is 0 Å². The van der Waals surface area contributed by atoms with Crippen molar-refractivity contribution in [2.45, 2.75) is 18.8 Å². The van der Waals surface area contributed by atoms with Crippen molar-refractivity contribution in [2.24, 2.45) is 0 Å². The fourth-order valence-corrected chi connectivity index (χ4v) is 3.29. The summed E-state index contributed by atoms with van der Waals surface area (Å²) in [5, 5.41) is 1.50. The molecule has 1 aliphatic rings. The zero-order chi connectivity index (χ0) is 16.7. The van der Waals surface area contributed by atoms with E-state index in [1.165, 1.54) is 7.11 Å². The summed E-state index contributed by atoms with van der Waals surface area (Å²) >= 11 is 6.21. The highest BCUT2D eigenvalue weighted by molar-refractivity contribution is 6.31. The van der Waals surface area contributed by atoms with Crippen LogP contribution < -0.4 is 0 Å². The van der Waals surface area contributed by atoms with Crippen LogP contribution in [0.25, 0.3) is 22.0 Å². The van der Waals surface area contributed by atoms with Gasteiger partial charge in [-0.2, -0.15) is 0 Å². The Hall–Kier alpha value is -2.39. The van der Waals surface area contributed by atoms with Crippen molar-refractivity contribution in [3.63, 3.8) is 0 Å². The van der Waals surface area contributed by atoms with Crippen LogP contribution in [-0.2, 0) is 4.74 Å². The number of ether oxygens (including phenoxy) is 1. The highest BCUT2D eigenvalue weighted by Crippen LogP contribution is 2.45. The molecule has 1 saturated carbocycles. The van der Waals surface area contributed by atoms with E-state index in [1.807, 2.05) is 48.5 Å². The van der Waals surface area contributed by atoms with Crippen molar-refractivity contribution in [1.82, 2.24) is 4.98 Å². The SMILES string of the molecule is COC(=O)c1c(C2CC2)nc2ccc(Cl)cc2c1-c1ccccc1. The summed E-state index contributed by atoms with van der Waals surface area (Å²) in [5.74, 6) is -0.00762. The van der Waals surface area contributed by atoms with Gasteiger partial charge in [-0.25, -0.2) is 4.79 Å². The van der Waals surface area contributed by atoms with Gasteiger partial charge in [0.2, 0.25) is 0 Å². The zero-order valence-electron chi connectivity index (χ0n) is 13.3. The van der Waals surface area contributed by atoms with Crippen molar-refractivity contribution >= 4 is 28.5 Å². The van der Waals surface area contributed by atoms with E-state index in [0.29, 0.717) is 16.5 Å². The predicted octanol–water partition coefficient (Wildman–Crippen LogP) is 5.22. The minimum absolute atomic E-state index is 0.335. The van der Waals surface area contributed by atoms with E-state index >= 15 is 0 Å². The van der Waals surface area contributed by atoms with Gasteiger partial charge in [0, 0.05) is 21.9 Å². The Kier molecular flexibility index (Phi) is 3.73. The fourth-order valence-electron chi connectivity index (χ4n) is 3.12. The van der Waals surface area contributed by atoms with E-state index in [2.05, 4.69) is 0 Å². The number of fused-ring (bicyclic) bond motifs is 1. The number of nitrogens with zero attached hydrogens (tertiary/aromatic N) is 1. The molecule has 0 atom stereocenters. The van der Waals surface area contributed by atoms with Crippen molar-refractivity contribution in [3.05, 3.63) is 64.8 Å². The first-order valence-corrected chi connectivity index (χ1v) is 8.33. The maximum atomic E-state index is 12.6. The summed E-state index contributed by atoms with van der Waals surface area (Å²) in [4.78, 5) is 17.4. The first-order valence-electron chi connectivity index (χ1n) is 7.96. The molecule has 0 radical (unpaired) electrons. The Bertz CT molecular complexity index is 933. The molecule has 0 unspecified atom stereocenters. The van der Waals surface area contributed by atoms with Crippen LogP contribution in [0.3, 0.4) is 0 Å². The van der Waals surface area contributed by atoms with Gasteiger partial charge < -0.3 is 4.74 Å². The molecular weight excluding hydrogens is 322 g/mol. The molecule has 1 heterocycles. The van der Waals surface area contributed by atoms with E-state index in [9.17, 15) is 4.79 Å². The summed E-state index contributed by atoms with van der Waals surface area (Å²) in [6.45, 7) is 0. The van der Waals surface area contributed by atoms with E-state index < -0.39 is 0 Å². The number of carbonyl (C=O) groups is 1. The van der Waals surface area contributed by atoms with Crippen molar-refractivity contribution in [2.75, 3.05) is 7.11 Å². The molecule has 24 heavy (non-hydrogen) atoms. The van der Waals surface area contributed by atoms with Gasteiger partial charge in [-0.1, -0.05) is 41.9 Å². The third-order valence-electron chi connectivity index (χ3n) is 4.39. The Morgan fingerprint density at radius 2 is 1.92 bits per heavy atom. The first-order chi connectivity index (χ1) is 11.7. The first kappa shape index (κ1) is 15.2. The lowest BCUT2D eigenvalue weighted by molar-refractivity contribution is 0.0600. The Morgan fingerprint density at radius 3 is 2.58 bits per heavy atom. The monoisotopic (exact) mass is 337 g/mol. The molecule has 1 aliphatic carbocycles. The van der Waals surface area contributed by atoms with Gasteiger partial charge in [0.1, 0.15) is 0 Å². The second kappa shape index (κ2) is 5.91. The standard InChI is InChI=1S/C20H16ClNO2/c1-24-20(23)18-17(12-5-3-2-4-6-12)15-11-14(21)9-10-16(15)22-19(18)13-7-8-13/h2-6,9-11,13H,7-8H2,1H3. The van der Waals surface area contributed by atoms with E-state index in [1.54, 1.807) is 0 Å². The molecule has 4 heteroatoms. The van der Waals surface area contributed by atoms with Crippen LogP contribution in [0.5, 0.6) is 0 Å². The second-order valence-electron chi connectivity index (χ2n) is 6.04. The number of hydrogen-bond donors (Lipinski definition) is 0. The summed E-state index contributed by atoms with van der Waals surface area (Å²) in [6.07, 6.45) is 2.12. The Labute approximate surface area is 145 Å². The number of methoxy groups -OCH3 is 1. The molecule has 1 aromatic heterocycles. The van der Waals surface area contributed by atoms with Crippen molar-refractivity contribution in [1.29, 1.82) is 0 Å². The largest absolute Gasteiger partial charge is 0.465 e. The zero-order valence-corrected chi connectivity index (χ0v) is 14.0. The van der Waals surface area contributed by atoms with Crippen molar-refractivity contribution < 1.29 is 9.53 Å². The number of benzene rings is 2. The lowest BCUT2D eigenvalue weighted by Crippen LogP contribution is -2.10. The summed E-state index contributed by atoms with van der Waals surface area (Å²) in [5.41, 5.74) is 4.09. The molecule has 0 bridgehead atoms. The molecule has 2 aromatic carbocycles. The van der Waals surface area contributed by atoms with Crippen LogP contribution in [0, 0.1) is 0 Å². The molecule has 4 rings (SSSR count). The van der Waals surface area contributed by atoms with Gasteiger partial charge in [-0.05, 0) is 36.6 Å². The highest BCUT2D eigenvalue weighted by Gasteiger charge is 2.33. The third-order valence-corrected chi connectivity index (χ3v) is 4.63. The Morgan fingerprint density at radius 1 is 1.17 bits per heavy atom. The van der Waals surface area contributed by atoms with Crippen LogP contribution in [-0.4, -0.2) is 18.1 Å². The molecule has 0 N–H and O–H groups in total. The van der Waals surface area contributed by atoms with E-state index in [-0.39, 0.29) is 5.97 Å². The minimum Gasteiger partial charge on any atom is -0.465 e. The predicted molar refractivity (Wildman–Crippen MR) is 95.5 cm³/mol. The van der Waals surface area contributed by atoms with Crippen LogP contribution in [0.2, 0.25) is 5.02 Å². The number of halogens is 1. The van der Waals surface area contributed by atoms with Crippen LogP contribution in [0.15, 0.2) is 48.5 Å². The lowest BCUT2D eigenvalue weighted by atomic mass is 9.93. The maximum absolute atomic E-state index is 12.6. The van der Waals surface area contributed by atoms with Crippen LogP contribution >= 0.6 is 11.6 Å². The smallest absolute Gasteiger partial charge is 0.340 e. The molecule has 3 nitrogen and oxygen atoms in total. The highest BCUT2D eigenvalue weighted by atomic mass is 35.5. The average molecular weight is 338 g/mol. The van der Waals surface area contributed by atoms with Gasteiger partial charge in [-0.3, -0.25) is 4.98 Å². The number of rotatable bonds is 3. The summed E-state index contributed by atoms with van der Waals surface area (Å²) in [6, 6.07) is 15.5.